The van der Waals surface area contributed by atoms with Gasteiger partial charge in [0.15, 0.2) is 0 Å². The molecule has 0 bridgehead atoms. The topological polar surface area (TPSA) is 66.4 Å². The minimum absolute atomic E-state index is 0.0529. The smallest absolute Gasteiger partial charge is 0.241 e. The van der Waals surface area contributed by atoms with E-state index in [9.17, 15) is 8.42 Å². The molecule has 5 heteroatoms. The number of aliphatic hydroxyl groups is 1. The summed E-state index contributed by atoms with van der Waals surface area (Å²) in [5, 5.41) is 8.99. The lowest BCUT2D eigenvalue weighted by atomic mass is 9.90. The molecule has 0 aromatic heterocycles. The molecule has 0 saturated heterocycles. The number of sulfonamides is 1. The lowest BCUT2D eigenvalue weighted by Crippen LogP contribution is -2.35. The monoisotopic (exact) mass is 299 g/mol. The fourth-order valence-corrected chi connectivity index (χ4v) is 4.03. The minimum atomic E-state index is -3.52. The molecule has 0 amide bonds. The van der Waals surface area contributed by atoms with Crippen LogP contribution in [0.3, 0.4) is 0 Å². The van der Waals surface area contributed by atoms with Gasteiger partial charge in [-0.15, -0.1) is 0 Å². The summed E-state index contributed by atoms with van der Waals surface area (Å²) in [5.41, 5.74) is 2.30. The van der Waals surface area contributed by atoms with Crippen LogP contribution in [0.25, 0.3) is 0 Å². The summed E-state index contributed by atoms with van der Waals surface area (Å²) in [7, 11) is -3.52. The van der Waals surface area contributed by atoms with E-state index in [0.29, 0.717) is 17.9 Å². The fourth-order valence-electron chi connectivity index (χ4n) is 2.34. The molecule has 1 aromatic rings. The van der Waals surface area contributed by atoms with E-state index >= 15 is 0 Å². The second-order valence-corrected chi connectivity index (χ2v) is 7.89. The van der Waals surface area contributed by atoms with Crippen molar-refractivity contribution in [3.05, 3.63) is 28.8 Å². The molecular formula is C15H25NO3S. The molecule has 2 N–H and O–H groups in total. The van der Waals surface area contributed by atoms with Crippen LogP contribution < -0.4 is 4.72 Å². The van der Waals surface area contributed by atoms with Crippen LogP contribution in [0, 0.1) is 26.2 Å². The van der Waals surface area contributed by atoms with Gasteiger partial charge in [0.05, 0.1) is 4.90 Å². The number of hydrogen-bond donors (Lipinski definition) is 2. The lowest BCUT2D eigenvalue weighted by Gasteiger charge is -2.24. The van der Waals surface area contributed by atoms with Crippen molar-refractivity contribution in [2.24, 2.45) is 5.41 Å². The van der Waals surface area contributed by atoms with Crippen molar-refractivity contribution in [3.63, 3.8) is 0 Å². The average molecular weight is 299 g/mol. The van der Waals surface area contributed by atoms with Crippen LogP contribution in [0.2, 0.25) is 0 Å². The zero-order chi connectivity index (χ0) is 15.6. The van der Waals surface area contributed by atoms with E-state index in [1.165, 1.54) is 0 Å². The first-order chi connectivity index (χ1) is 9.09. The first-order valence-corrected chi connectivity index (χ1v) is 8.26. The Labute approximate surface area is 122 Å². The highest BCUT2D eigenvalue weighted by molar-refractivity contribution is 7.89. The van der Waals surface area contributed by atoms with E-state index in [1.807, 2.05) is 46.8 Å². The van der Waals surface area contributed by atoms with Gasteiger partial charge in [0.1, 0.15) is 0 Å². The quantitative estimate of drug-likeness (QED) is 0.847. The molecule has 0 aliphatic rings. The molecule has 0 heterocycles. The second kappa shape index (κ2) is 6.24. The van der Waals surface area contributed by atoms with Gasteiger partial charge in [0.2, 0.25) is 10.0 Å². The standard InChI is InChI=1S/C15H25NO3S/c1-11-8-12(2)14(13(3)9-11)20(18,19)16-10-15(4,5)6-7-17/h8-9,16-17H,6-7,10H2,1-5H3. The first-order valence-electron chi connectivity index (χ1n) is 6.77. The van der Waals surface area contributed by atoms with Gasteiger partial charge in [0, 0.05) is 13.2 Å². The highest BCUT2D eigenvalue weighted by atomic mass is 32.2. The van der Waals surface area contributed by atoms with E-state index in [4.69, 9.17) is 5.11 Å². The number of nitrogens with one attached hydrogen (secondary N) is 1. The normalized spacial score (nSPS) is 12.7. The van der Waals surface area contributed by atoms with Gasteiger partial charge in [0.25, 0.3) is 0 Å². The van der Waals surface area contributed by atoms with Crippen molar-refractivity contribution < 1.29 is 13.5 Å². The molecule has 4 nitrogen and oxygen atoms in total. The lowest BCUT2D eigenvalue weighted by molar-refractivity contribution is 0.213. The highest BCUT2D eigenvalue weighted by Gasteiger charge is 2.24. The summed E-state index contributed by atoms with van der Waals surface area (Å²) >= 11 is 0. The Morgan fingerprint density at radius 3 is 2.10 bits per heavy atom. The first kappa shape index (κ1) is 17.1. The Hall–Kier alpha value is -0.910. The Morgan fingerprint density at radius 1 is 1.15 bits per heavy atom. The summed E-state index contributed by atoms with van der Waals surface area (Å²) in [5.74, 6) is 0. The molecule has 0 aliphatic carbocycles. The third-order valence-electron chi connectivity index (χ3n) is 3.40. The van der Waals surface area contributed by atoms with Gasteiger partial charge in [-0.05, 0) is 43.7 Å². The fraction of sp³-hybridized carbons (Fsp3) is 0.600. The molecule has 0 atom stereocenters. The average Bonchev–Trinajstić information content (AvgIpc) is 2.24. The zero-order valence-electron chi connectivity index (χ0n) is 12.9. The summed E-state index contributed by atoms with van der Waals surface area (Å²) in [6.07, 6.45) is 0.557. The maximum absolute atomic E-state index is 12.5. The maximum Gasteiger partial charge on any atom is 0.241 e. The SMILES string of the molecule is Cc1cc(C)c(S(=O)(=O)NCC(C)(C)CCO)c(C)c1. The van der Waals surface area contributed by atoms with Crippen molar-refractivity contribution in [1.82, 2.24) is 4.72 Å². The summed E-state index contributed by atoms with van der Waals surface area (Å²) in [6, 6.07) is 3.75. The van der Waals surface area contributed by atoms with E-state index in [-0.39, 0.29) is 12.0 Å². The number of rotatable bonds is 6. The molecule has 0 aliphatic heterocycles. The van der Waals surface area contributed by atoms with Gasteiger partial charge in [-0.3, -0.25) is 0 Å². The van der Waals surface area contributed by atoms with E-state index in [2.05, 4.69) is 4.72 Å². The molecule has 1 rings (SSSR count). The van der Waals surface area contributed by atoms with Gasteiger partial charge in [-0.1, -0.05) is 31.5 Å². The Kier molecular flexibility index (Phi) is 5.35. The molecule has 0 radical (unpaired) electrons. The van der Waals surface area contributed by atoms with Crippen LogP contribution in [0.4, 0.5) is 0 Å². The number of benzene rings is 1. The van der Waals surface area contributed by atoms with Gasteiger partial charge < -0.3 is 5.11 Å². The number of aryl methyl sites for hydroxylation is 3. The van der Waals surface area contributed by atoms with Gasteiger partial charge in [-0.25, -0.2) is 13.1 Å². The van der Waals surface area contributed by atoms with Crippen molar-refractivity contribution >= 4 is 10.0 Å². The Balaban J connectivity index is 3.01. The van der Waals surface area contributed by atoms with Crippen LogP contribution in [-0.2, 0) is 10.0 Å². The van der Waals surface area contributed by atoms with Crippen LogP contribution in [0.5, 0.6) is 0 Å². The van der Waals surface area contributed by atoms with Crippen LogP contribution in [0.1, 0.15) is 37.0 Å². The van der Waals surface area contributed by atoms with Crippen LogP contribution in [0.15, 0.2) is 17.0 Å². The van der Waals surface area contributed by atoms with Crippen molar-refractivity contribution in [1.29, 1.82) is 0 Å². The van der Waals surface area contributed by atoms with Crippen molar-refractivity contribution in [2.45, 2.75) is 45.9 Å². The number of hydrogen-bond acceptors (Lipinski definition) is 3. The molecule has 1 aromatic carbocycles. The third-order valence-corrected chi connectivity index (χ3v) is 5.11. The second-order valence-electron chi connectivity index (χ2n) is 6.19. The largest absolute Gasteiger partial charge is 0.396 e. The summed E-state index contributed by atoms with van der Waals surface area (Å²) < 4.78 is 27.6. The number of aliphatic hydroxyl groups excluding tert-OH is 1. The predicted octanol–water partition coefficient (Wildman–Crippen LogP) is 2.30. The molecule has 20 heavy (non-hydrogen) atoms. The summed E-state index contributed by atoms with van der Waals surface area (Å²) in [6.45, 7) is 9.80. The van der Waals surface area contributed by atoms with Gasteiger partial charge >= 0.3 is 0 Å². The zero-order valence-corrected chi connectivity index (χ0v) is 13.8. The molecule has 0 saturated carbocycles. The third kappa shape index (κ3) is 4.30. The van der Waals surface area contributed by atoms with E-state index in [1.54, 1.807) is 0 Å². The van der Waals surface area contributed by atoms with Crippen LogP contribution in [-0.4, -0.2) is 26.7 Å². The van der Waals surface area contributed by atoms with E-state index < -0.39 is 10.0 Å². The van der Waals surface area contributed by atoms with E-state index in [0.717, 1.165) is 16.7 Å². The Bertz CT molecular complexity index is 554. The van der Waals surface area contributed by atoms with Gasteiger partial charge in [-0.2, -0.15) is 0 Å². The molecule has 0 spiro atoms. The minimum Gasteiger partial charge on any atom is -0.396 e. The molecule has 0 unspecified atom stereocenters. The Morgan fingerprint density at radius 2 is 1.65 bits per heavy atom. The van der Waals surface area contributed by atoms with Crippen LogP contribution >= 0.6 is 0 Å². The molecule has 114 valence electrons. The van der Waals surface area contributed by atoms with Crippen molar-refractivity contribution in [3.8, 4) is 0 Å². The summed E-state index contributed by atoms with van der Waals surface area (Å²) in [4.78, 5) is 0.364. The molecular weight excluding hydrogens is 274 g/mol. The van der Waals surface area contributed by atoms with Crippen molar-refractivity contribution in [2.75, 3.05) is 13.2 Å². The molecule has 0 fully saturated rings. The predicted molar refractivity (Wildman–Crippen MR) is 81.3 cm³/mol. The maximum atomic E-state index is 12.5. The highest BCUT2D eigenvalue weighted by Crippen LogP contribution is 2.23.